The van der Waals surface area contributed by atoms with Crippen LogP contribution in [0.4, 0.5) is 0 Å². The molecule has 1 aromatic carbocycles. The summed E-state index contributed by atoms with van der Waals surface area (Å²) in [6, 6.07) is 7.86. The lowest BCUT2D eigenvalue weighted by atomic mass is 10.1. The van der Waals surface area contributed by atoms with Crippen molar-refractivity contribution in [2.45, 2.75) is 25.1 Å². The van der Waals surface area contributed by atoms with Crippen molar-refractivity contribution in [3.8, 4) is 0 Å². The first kappa shape index (κ1) is 11.1. The minimum Gasteiger partial charge on any atom is -0.480 e. The normalized spacial score (nSPS) is 12.4. The van der Waals surface area contributed by atoms with Gasteiger partial charge in [-0.05, 0) is 24.0 Å². The summed E-state index contributed by atoms with van der Waals surface area (Å²) >= 11 is 5.62. The zero-order chi connectivity index (χ0) is 10.6. The Bertz CT molecular complexity index is 306. The third-order valence-electron chi connectivity index (χ3n) is 2.11. The Kier molecular flexibility index (Phi) is 3.96. The fourth-order valence-corrected chi connectivity index (χ4v) is 1.38. The van der Waals surface area contributed by atoms with E-state index >= 15 is 0 Å². The van der Waals surface area contributed by atoms with Gasteiger partial charge in [-0.25, -0.2) is 0 Å². The highest BCUT2D eigenvalue weighted by Gasteiger charge is 2.13. The molecule has 0 saturated heterocycles. The van der Waals surface area contributed by atoms with Crippen LogP contribution < -0.4 is 0 Å². The third kappa shape index (κ3) is 3.04. The molecule has 0 amide bonds. The van der Waals surface area contributed by atoms with Gasteiger partial charge >= 0.3 is 5.97 Å². The van der Waals surface area contributed by atoms with E-state index in [1.165, 1.54) is 5.56 Å². The maximum Gasteiger partial charge on any atom is 0.321 e. The molecule has 1 aromatic rings. The zero-order valence-electron chi connectivity index (χ0n) is 8.03. The second kappa shape index (κ2) is 5.01. The van der Waals surface area contributed by atoms with E-state index < -0.39 is 11.3 Å². The number of alkyl halides is 1. The first-order valence-corrected chi connectivity index (χ1v) is 5.01. The van der Waals surface area contributed by atoms with Gasteiger partial charge in [-0.1, -0.05) is 31.2 Å². The second-order valence-electron chi connectivity index (χ2n) is 3.18. The summed E-state index contributed by atoms with van der Waals surface area (Å²) in [6.45, 7) is 2.08. The van der Waals surface area contributed by atoms with E-state index in [0.29, 0.717) is 6.42 Å². The third-order valence-corrected chi connectivity index (χ3v) is 2.46. The summed E-state index contributed by atoms with van der Waals surface area (Å²) in [4.78, 5) is 10.5. The molecule has 76 valence electrons. The van der Waals surface area contributed by atoms with Crippen molar-refractivity contribution in [2.75, 3.05) is 0 Å². The van der Waals surface area contributed by atoms with Gasteiger partial charge in [0.15, 0.2) is 0 Å². The van der Waals surface area contributed by atoms with Gasteiger partial charge in [0.2, 0.25) is 0 Å². The Morgan fingerprint density at radius 3 is 2.29 bits per heavy atom. The van der Waals surface area contributed by atoms with Crippen LogP contribution in [0.15, 0.2) is 24.3 Å². The van der Waals surface area contributed by atoms with Crippen LogP contribution in [-0.2, 0) is 17.6 Å². The minimum absolute atomic E-state index is 0.376. The van der Waals surface area contributed by atoms with E-state index in [9.17, 15) is 4.79 Å². The van der Waals surface area contributed by atoms with Crippen LogP contribution in [0, 0.1) is 0 Å². The molecule has 3 heteroatoms. The SMILES string of the molecule is CCc1ccc(CC(Cl)C(=O)O)cc1. The molecule has 2 nitrogen and oxygen atoms in total. The topological polar surface area (TPSA) is 37.3 Å². The lowest BCUT2D eigenvalue weighted by molar-refractivity contribution is -0.136. The van der Waals surface area contributed by atoms with E-state index in [1.807, 2.05) is 24.3 Å². The van der Waals surface area contributed by atoms with Gasteiger partial charge in [-0.2, -0.15) is 0 Å². The Morgan fingerprint density at radius 1 is 1.36 bits per heavy atom. The standard InChI is InChI=1S/C11H13ClO2/c1-2-8-3-5-9(6-4-8)7-10(12)11(13)14/h3-6,10H,2,7H2,1H3,(H,13,14). The molecule has 1 N–H and O–H groups in total. The van der Waals surface area contributed by atoms with Crippen LogP contribution in [0.5, 0.6) is 0 Å². The lowest BCUT2D eigenvalue weighted by Gasteiger charge is -2.04. The molecule has 0 bridgehead atoms. The van der Waals surface area contributed by atoms with E-state index in [2.05, 4.69) is 6.92 Å². The van der Waals surface area contributed by atoms with Gasteiger partial charge in [-0.15, -0.1) is 11.6 Å². The van der Waals surface area contributed by atoms with Gasteiger partial charge in [0, 0.05) is 0 Å². The van der Waals surface area contributed by atoms with Crippen molar-refractivity contribution in [3.63, 3.8) is 0 Å². The molecular weight excluding hydrogens is 200 g/mol. The number of benzene rings is 1. The van der Waals surface area contributed by atoms with Crippen LogP contribution in [-0.4, -0.2) is 16.5 Å². The van der Waals surface area contributed by atoms with Crippen LogP contribution in [0.1, 0.15) is 18.1 Å². The quantitative estimate of drug-likeness (QED) is 0.779. The minimum atomic E-state index is -0.966. The number of carboxylic acid groups (broad SMARTS) is 1. The summed E-state index contributed by atoms with van der Waals surface area (Å²) < 4.78 is 0. The Morgan fingerprint density at radius 2 is 1.86 bits per heavy atom. The van der Waals surface area contributed by atoms with E-state index in [0.717, 1.165) is 12.0 Å². The van der Waals surface area contributed by atoms with Gasteiger partial charge in [-0.3, -0.25) is 4.79 Å². The second-order valence-corrected chi connectivity index (χ2v) is 3.71. The highest BCUT2D eigenvalue weighted by atomic mass is 35.5. The largest absolute Gasteiger partial charge is 0.480 e. The molecule has 0 radical (unpaired) electrons. The van der Waals surface area contributed by atoms with Gasteiger partial charge in [0.05, 0.1) is 0 Å². The molecule has 1 atom stereocenters. The average molecular weight is 213 g/mol. The Balaban J connectivity index is 2.64. The monoisotopic (exact) mass is 212 g/mol. The van der Waals surface area contributed by atoms with Crippen LogP contribution in [0.25, 0.3) is 0 Å². The van der Waals surface area contributed by atoms with Crippen LogP contribution in [0.3, 0.4) is 0 Å². The number of hydrogen-bond donors (Lipinski definition) is 1. The fraction of sp³-hybridized carbons (Fsp3) is 0.364. The predicted molar refractivity (Wildman–Crippen MR) is 56.8 cm³/mol. The highest BCUT2D eigenvalue weighted by molar-refractivity contribution is 6.29. The lowest BCUT2D eigenvalue weighted by Crippen LogP contribution is -2.15. The van der Waals surface area contributed by atoms with Crippen molar-refractivity contribution >= 4 is 17.6 Å². The van der Waals surface area contributed by atoms with Crippen molar-refractivity contribution < 1.29 is 9.90 Å². The first-order chi connectivity index (χ1) is 6.63. The molecule has 14 heavy (non-hydrogen) atoms. The summed E-state index contributed by atoms with van der Waals surface area (Å²) in [5.41, 5.74) is 2.21. The highest BCUT2D eigenvalue weighted by Crippen LogP contribution is 2.10. The molecule has 0 aromatic heterocycles. The maximum absolute atomic E-state index is 10.5. The Hall–Kier alpha value is -1.02. The number of rotatable bonds is 4. The van der Waals surface area contributed by atoms with Crippen molar-refractivity contribution in [2.24, 2.45) is 0 Å². The zero-order valence-corrected chi connectivity index (χ0v) is 8.79. The van der Waals surface area contributed by atoms with Gasteiger partial charge < -0.3 is 5.11 Å². The number of aliphatic carboxylic acids is 1. The van der Waals surface area contributed by atoms with Gasteiger partial charge in [0.25, 0.3) is 0 Å². The number of halogens is 1. The van der Waals surface area contributed by atoms with Crippen molar-refractivity contribution in [3.05, 3.63) is 35.4 Å². The molecule has 0 spiro atoms. The molecule has 1 unspecified atom stereocenters. The fourth-order valence-electron chi connectivity index (χ4n) is 1.21. The number of carbonyl (C=O) groups is 1. The van der Waals surface area contributed by atoms with Gasteiger partial charge in [0.1, 0.15) is 5.38 Å². The van der Waals surface area contributed by atoms with E-state index in [-0.39, 0.29) is 0 Å². The summed E-state index contributed by atoms with van der Waals surface area (Å²) in [6.07, 6.45) is 1.37. The van der Waals surface area contributed by atoms with E-state index in [1.54, 1.807) is 0 Å². The van der Waals surface area contributed by atoms with E-state index in [4.69, 9.17) is 16.7 Å². The van der Waals surface area contributed by atoms with Crippen molar-refractivity contribution in [1.82, 2.24) is 0 Å². The molecule has 0 aliphatic rings. The molecule has 0 aliphatic heterocycles. The first-order valence-electron chi connectivity index (χ1n) is 4.58. The molecule has 1 rings (SSSR count). The average Bonchev–Trinajstić information content (AvgIpc) is 2.19. The van der Waals surface area contributed by atoms with Crippen LogP contribution in [0.2, 0.25) is 0 Å². The smallest absolute Gasteiger partial charge is 0.321 e. The summed E-state index contributed by atoms with van der Waals surface area (Å²) in [5.74, 6) is -0.966. The molecular formula is C11H13ClO2. The molecule has 0 fully saturated rings. The Labute approximate surface area is 88.5 Å². The van der Waals surface area contributed by atoms with Crippen LogP contribution >= 0.6 is 11.6 Å². The predicted octanol–water partition coefficient (Wildman–Crippen LogP) is 2.48. The number of aryl methyl sites for hydroxylation is 1. The molecule has 0 heterocycles. The molecule has 0 saturated carbocycles. The van der Waals surface area contributed by atoms with Crippen molar-refractivity contribution in [1.29, 1.82) is 0 Å². The molecule has 0 aliphatic carbocycles. The summed E-state index contributed by atoms with van der Waals surface area (Å²) in [5, 5.41) is 7.78. The number of hydrogen-bond acceptors (Lipinski definition) is 1. The maximum atomic E-state index is 10.5. The number of carboxylic acids is 1. The summed E-state index contributed by atoms with van der Waals surface area (Å²) in [7, 11) is 0.